The van der Waals surface area contributed by atoms with E-state index in [4.69, 9.17) is 0 Å². The van der Waals surface area contributed by atoms with E-state index in [2.05, 4.69) is 32.6 Å². The molecule has 0 amide bonds. The third-order valence-electron chi connectivity index (χ3n) is 12.1. The quantitative estimate of drug-likeness (QED) is 0.0893. The Hall–Kier alpha value is -9.24. The van der Waals surface area contributed by atoms with Gasteiger partial charge in [0.25, 0.3) is 0 Å². The second-order valence-electron chi connectivity index (χ2n) is 16.1. The van der Waals surface area contributed by atoms with Gasteiger partial charge < -0.3 is 10.2 Å². The Bertz CT molecular complexity index is 3600. The van der Waals surface area contributed by atoms with Crippen LogP contribution in [-0.4, -0.2) is 10.2 Å². The van der Waals surface area contributed by atoms with Crippen LogP contribution in [0.3, 0.4) is 0 Å². The van der Waals surface area contributed by atoms with E-state index in [9.17, 15) is 20.7 Å². The summed E-state index contributed by atoms with van der Waals surface area (Å²) in [7, 11) is 0. The van der Waals surface area contributed by atoms with Gasteiger partial charge in [-0.1, -0.05) is 146 Å². The maximum atomic E-state index is 11.0. The van der Waals surface area contributed by atoms with Gasteiger partial charge in [0, 0.05) is 32.7 Å². The van der Waals surface area contributed by atoms with E-state index in [0.717, 1.165) is 76.1 Å². The summed E-state index contributed by atoms with van der Waals surface area (Å²) in [6.45, 7) is 3.70. The first kappa shape index (κ1) is 40.8. The number of nitrogens with zero attached hydrogens (tertiary/aromatic N) is 6. The number of phenols is 2. The van der Waals surface area contributed by atoms with Gasteiger partial charge in [-0.3, -0.25) is 0 Å². The molecule has 10 rings (SSSR count). The first-order valence-corrected chi connectivity index (χ1v) is 21.4. The minimum absolute atomic E-state index is 0.0909. The van der Waals surface area contributed by atoms with Crippen LogP contribution in [-0.2, 0) is 0 Å². The zero-order valence-electron chi connectivity index (χ0n) is 35.9. The molecule has 10 aromatic carbocycles. The predicted molar refractivity (Wildman–Crippen MR) is 268 cm³/mol. The fraction of sp³-hybridized carbons (Fsp3) is 0.0345. The predicted octanol–water partition coefficient (Wildman–Crippen LogP) is 16.4. The summed E-state index contributed by atoms with van der Waals surface area (Å²) in [6.07, 6.45) is 3.78. The molecule has 8 heteroatoms. The normalized spacial score (nSPS) is 12.2. The van der Waals surface area contributed by atoms with Gasteiger partial charge in [0.15, 0.2) is 0 Å². The average Bonchev–Trinajstić information content (AvgIpc) is 3.35. The molecule has 0 saturated heterocycles. The van der Waals surface area contributed by atoms with Crippen molar-refractivity contribution in [1.29, 1.82) is 10.5 Å². The Kier molecular flexibility index (Phi) is 10.6. The lowest BCUT2D eigenvalue weighted by Crippen LogP contribution is -1.92. The van der Waals surface area contributed by atoms with Crippen molar-refractivity contribution in [3.05, 3.63) is 203 Å². The third-order valence-corrected chi connectivity index (χ3v) is 12.1. The van der Waals surface area contributed by atoms with E-state index in [1.165, 1.54) is 0 Å². The summed E-state index contributed by atoms with van der Waals surface area (Å²) in [6, 6.07) is 59.3. The fourth-order valence-electron chi connectivity index (χ4n) is 8.78. The Morgan fingerprint density at radius 2 is 0.758 bits per heavy atom. The van der Waals surface area contributed by atoms with Gasteiger partial charge in [-0.05, 0) is 105 Å². The van der Waals surface area contributed by atoms with E-state index in [-0.39, 0.29) is 11.5 Å². The maximum Gasteiger partial charge on any atom is 0.146 e. The molecule has 0 radical (unpaired) electrons. The molecule has 0 aromatic heterocycles. The lowest BCUT2D eigenvalue weighted by molar-refractivity contribution is 0.472. The summed E-state index contributed by atoms with van der Waals surface area (Å²) in [5.41, 5.74) is 7.54. The lowest BCUT2D eigenvalue weighted by atomic mass is 9.90. The van der Waals surface area contributed by atoms with E-state index in [0.29, 0.717) is 45.0 Å². The molecular weight excluding hydrogens is 813 g/mol. The number of nitriles is 2. The van der Waals surface area contributed by atoms with Gasteiger partial charge in [-0.2, -0.15) is 10.5 Å². The highest BCUT2D eigenvalue weighted by Gasteiger charge is 2.16. The van der Waals surface area contributed by atoms with Crippen LogP contribution in [0.5, 0.6) is 11.5 Å². The van der Waals surface area contributed by atoms with E-state index in [1.807, 2.05) is 196 Å². The fourth-order valence-corrected chi connectivity index (χ4v) is 8.78. The SMILES string of the molecule is Cc1cc2ccccc2c(N=Nc2ccc(/C=C(/C#N)c3ccc(/C(C#N)=C\c4ccc(N=Nc5c(O)c(C)cc6ccccc56)c5ccccc45)c4ccccc34)c3ccccc23)c1O. The Morgan fingerprint density at radius 1 is 0.409 bits per heavy atom. The smallest absolute Gasteiger partial charge is 0.146 e. The molecule has 0 fully saturated rings. The average molecular weight is 851 g/mol. The van der Waals surface area contributed by atoms with Gasteiger partial charge in [-0.15, -0.1) is 20.5 Å². The number of rotatable bonds is 8. The standard InChI is InChI=1S/C58H38N6O2/c1-35-29-37-13-3-5-17-47(37)55(57(35)65)63-61-53-27-23-39(43-15-7-11-21-51(43)53)31-41(33-59)45-25-26-46(50-20-10-9-19-49(45)50)42(34-60)32-40-24-28-54(52-22-12-8-16-44(40)52)62-64-56-48-18-6-4-14-38(48)30-36(2)58(56)66/h3-32,65-66H,1-2H3/b41-31-,42-32-,63-61?,64-62?. The topological polar surface area (TPSA) is 137 Å². The summed E-state index contributed by atoms with van der Waals surface area (Å²) in [5.74, 6) is 0.182. The van der Waals surface area contributed by atoms with Crippen LogP contribution in [0.1, 0.15) is 33.4 Å². The zero-order valence-corrected chi connectivity index (χ0v) is 35.9. The molecular formula is C58H38N6O2. The zero-order chi connectivity index (χ0) is 45.3. The van der Waals surface area contributed by atoms with Crippen molar-refractivity contribution in [3.8, 4) is 23.6 Å². The van der Waals surface area contributed by atoms with Gasteiger partial charge in [0.2, 0.25) is 0 Å². The van der Waals surface area contributed by atoms with Crippen molar-refractivity contribution in [3.63, 3.8) is 0 Å². The summed E-state index contributed by atoms with van der Waals surface area (Å²) >= 11 is 0. The summed E-state index contributed by atoms with van der Waals surface area (Å²) in [5, 5.41) is 70.5. The molecule has 0 saturated carbocycles. The number of aromatic hydroxyl groups is 2. The molecule has 312 valence electrons. The monoisotopic (exact) mass is 850 g/mol. The highest BCUT2D eigenvalue weighted by Crippen LogP contribution is 2.42. The second-order valence-corrected chi connectivity index (χ2v) is 16.1. The van der Waals surface area contributed by atoms with Gasteiger partial charge in [0.05, 0.1) is 34.7 Å². The molecule has 0 heterocycles. The van der Waals surface area contributed by atoms with Gasteiger partial charge >= 0.3 is 0 Å². The molecule has 0 atom stereocenters. The number of benzene rings is 10. The maximum absolute atomic E-state index is 11.0. The number of allylic oxidation sites excluding steroid dienone is 2. The molecule has 0 aliphatic heterocycles. The van der Waals surface area contributed by atoms with Crippen molar-refractivity contribution >= 4 is 99.9 Å². The third kappa shape index (κ3) is 7.35. The number of hydrogen-bond acceptors (Lipinski definition) is 8. The Balaban J connectivity index is 1.01. The Morgan fingerprint density at radius 3 is 1.15 bits per heavy atom. The van der Waals surface area contributed by atoms with Crippen molar-refractivity contribution in [2.75, 3.05) is 0 Å². The largest absolute Gasteiger partial charge is 0.505 e. The van der Waals surface area contributed by atoms with Crippen LogP contribution < -0.4 is 0 Å². The first-order valence-electron chi connectivity index (χ1n) is 21.4. The number of fused-ring (bicyclic) bond motifs is 5. The molecule has 0 spiro atoms. The van der Waals surface area contributed by atoms with E-state index < -0.39 is 0 Å². The number of aryl methyl sites for hydroxylation is 2. The van der Waals surface area contributed by atoms with Crippen LogP contribution in [0.25, 0.3) is 77.2 Å². The molecule has 8 nitrogen and oxygen atoms in total. The van der Waals surface area contributed by atoms with Crippen molar-refractivity contribution < 1.29 is 10.2 Å². The molecule has 0 aliphatic carbocycles. The molecule has 10 aromatic rings. The number of azo groups is 2. The highest BCUT2D eigenvalue weighted by molar-refractivity contribution is 6.11. The van der Waals surface area contributed by atoms with Crippen LogP contribution in [0.4, 0.5) is 22.7 Å². The molecule has 0 bridgehead atoms. The number of hydrogen-bond donors (Lipinski definition) is 2. The first-order chi connectivity index (χ1) is 32.3. The van der Waals surface area contributed by atoms with Crippen molar-refractivity contribution in [2.45, 2.75) is 13.8 Å². The lowest BCUT2D eigenvalue weighted by Gasteiger charge is -2.12. The Labute approximate surface area is 380 Å². The summed E-state index contributed by atoms with van der Waals surface area (Å²) < 4.78 is 0. The van der Waals surface area contributed by atoms with E-state index >= 15 is 0 Å². The minimum Gasteiger partial charge on any atom is -0.505 e. The van der Waals surface area contributed by atoms with Gasteiger partial charge in [-0.25, -0.2) is 0 Å². The van der Waals surface area contributed by atoms with Crippen molar-refractivity contribution in [2.24, 2.45) is 20.5 Å². The highest BCUT2D eigenvalue weighted by atomic mass is 16.3. The molecule has 66 heavy (non-hydrogen) atoms. The molecule has 0 aliphatic rings. The summed E-state index contributed by atoms with van der Waals surface area (Å²) in [4.78, 5) is 0. The van der Waals surface area contributed by atoms with Crippen LogP contribution in [0, 0.1) is 36.5 Å². The van der Waals surface area contributed by atoms with Crippen LogP contribution >= 0.6 is 0 Å². The van der Waals surface area contributed by atoms with Crippen LogP contribution in [0.2, 0.25) is 0 Å². The molecule has 2 N–H and O–H groups in total. The second kappa shape index (κ2) is 17.1. The minimum atomic E-state index is 0.0909. The van der Waals surface area contributed by atoms with Gasteiger partial charge in [0.1, 0.15) is 22.9 Å². The van der Waals surface area contributed by atoms with Crippen LogP contribution in [0.15, 0.2) is 190 Å². The van der Waals surface area contributed by atoms with Crippen molar-refractivity contribution in [1.82, 2.24) is 0 Å². The molecule has 0 unspecified atom stereocenters. The van der Waals surface area contributed by atoms with E-state index in [1.54, 1.807) is 0 Å². The number of phenolic OH excluding ortho intramolecular Hbond substituents is 2.